The molecule has 1 aliphatic rings. The van der Waals surface area contributed by atoms with Gasteiger partial charge in [-0.1, -0.05) is 41.4 Å². The van der Waals surface area contributed by atoms with Gasteiger partial charge in [0.15, 0.2) is 0 Å². The third-order valence-corrected chi connectivity index (χ3v) is 3.64. The molecule has 0 saturated heterocycles. The highest BCUT2D eigenvalue weighted by molar-refractivity contribution is 6.33. The Hall–Kier alpha value is -1.91. The van der Waals surface area contributed by atoms with Crippen molar-refractivity contribution in [1.82, 2.24) is 9.88 Å². The van der Waals surface area contributed by atoms with Crippen LogP contribution in [-0.4, -0.2) is 21.7 Å². The standard InChI is InChI=1S/C14H8Cl2N2O2/c15-11-6-5-8(12(16)17-11)7-18-13(19)9-3-1-2-4-10(9)14(18)20/h1-6H,7H2. The van der Waals surface area contributed by atoms with Gasteiger partial charge in [-0.05, 0) is 18.2 Å². The average molecular weight is 307 g/mol. The molecule has 2 amide bonds. The first-order valence-corrected chi connectivity index (χ1v) is 6.59. The lowest BCUT2D eigenvalue weighted by Gasteiger charge is -2.14. The lowest BCUT2D eigenvalue weighted by molar-refractivity contribution is 0.0642. The molecule has 0 unspecified atom stereocenters. The second kappa shape index (κ2) is 4.89. The van der Waals surface area contributed by atoms with Gasteiger partial charge >= 0.3 is 0 Å². The predicted molar refractivity (Wildman–Crippen MR) is 74.9 cm³/mol. The second-order valence-electron chi connectivity index (χ2n) is 4.33. The fourth-order valence-corrected chi connectivity index (χ4v) is 2.52. The van der Waals surface area contributed by atoms with Gasteiger partial charge in [-0.15, -0.1) is 0 Å². The van der Waals surface area contributed by atoms with E-state index in [9.17, 15) is 9.59 Å². The van der Waals surface area contributed by atoms with Gasteiger partial charge < -0.3 is 0 Å². The topological polar surface area (TPSA) is 50.3 Å². The molecule has 0 N–H and O–H groups in total. The molecule has 0 bridgehead atoms. The Morgan fingerprint density at radius 1 is 0.950 bits per heavy atom. The van der Waals surface area contributed by atoms with Crippen molar-refractivity contribution in [3.63, 3.8) is 0 Å². The van der Waals surface area contributed by atoms with Crippen LogP contribution in [0.15, 0.2) is 36.4 Å². The normalized spacial score (nSPS) is 13.8. The molecule has 2 heterocycles. The van der Waals surface area contributed by atoms with Crippen molar-refractivity contribution in [3.05, 3.63) is 63.4 Å². The Kier molecular flexibility index (Phi) is 3.20. The minimum atomic E-state index is -0.323. The van der Waals surface area contributed by atoms with Gasteiger partial charge in [0.25, 0.3) is 11.8 Å². The van der Waals surface area contributed by atoms with E-state index in [-0.39, 0.29) is 28.7 Å². The predicted octanol–water partition coefficient (Wildman–Crippen LogP) is 3.18. The van der Waals surface area contributed by atoms with Crippen LogP contribution in [-0.2, 0) is 6.54 Å². The van der Waals surface area contributed by atoms with Gasteiger partial charge in [0.1, 0.15) is 10.3 Å². The summed E-state index contributed by atoms with van der Waals surface area (Å²) in [5.74, 6) is -0.645. The van der Waals surface area contributed by atoms with Crippen LogP contribution in [0.4, 0.5) is 0 Å². The highest BCUT2D eigenvalue weighted by Gasteiger charge is 2.35. The van der Waals surface area contributed by atoms with Crippen LogP contribution in [0.5, 0.6) is 0 Å². The van der Waals surface area contributed by atoms with Crippen LogP contribution in [0.1, 0.15) is 26.3 Å². The van der Waals surface area contributed by atoms with E-state index in [4.69, 9.17) is 23.2 Å². The minimum absolute atomic E-state index is 0.0787. The molecule has 0 aliphatic carbocycles. The third-order valence-electron chi connectivity index (χ3n) is 3.10. The molecule has 0 fully saturated rings. The number of hydrogen-bond donors (Lipinski definition) is 0. The number of aromatic nitrogens is 1. The number of amides is 2. The number of rotatable bonds is 2. The molecule has 3 rings (SSSR count). The number of hydrogen-bond acceptors (Lipinski definition) is 3. The summed E-state index contributed by atoms with van der Waals surface area (Å²) in [6.45, 7) is 0.0787. The molecule has 1 aromatic heterocycles. The summed E-state index contributed by atoms with van der Waals surface area (Å²) in [4.78, 5) is 29.5. The fraction of sp³-hybridized carbons (Fsp3) is 0.0714. The molecule has 6 heteroatoms. The van der Waals surface area contributed by atoms with Crippen molar-refractivity contribution in [2.45, 2.75) is 6.54 Å². The van der Waals surface area contributed by atoms with Crippen LogP contribution in [0.3, 0.4) is 0 Å². The quantitative estimate of drug-likeness (QED) is 0.632. The minimum Gasteiger partial charge on any atom is -0.270 e. The summed E-state index contributed by atoms with van der Waals surface area (Å²) in [5, 5.41) is 0.454. The maximum absolute atomic E-state index is 12.2. The number of imide groups is 1. The zero-order valence-electron chi connectivity index (χ0n) is 10.1. The largest absolute Gasteiger partial charge is 0.270 e. The molecule has 20 heavy (non-hydrogen) atoms. The molecular weight excluding hydrogens is 299 g/mol. The number of carbonyl (C=O) groups excluding carboxylic acids is 2. The van der Waals surface area contributed by atoms with Gasteiger partial charge in [0.05, 0.1) is 17.7 Å². The first-order chi connectivity index (χ1) is 9.58. The number of nitrogens with zero attached hydrogens (tertiary/aromatic N) is 2. The average Bonchev–Trinajstić information content (AvgIpc) is 2.67. The van der Waals surface area contributed by atoms with Crippen LogP contribution >= 0.6 is 23.2 Å². The Morgan fingerprint density at radius 3 is 2.10 bits per heavy atom. The molecule has 0 spiro atoms. The fourth-order valence-electron chi connectivity index (χ4n) is 2.11. The molecule has 100 valence electrons. The van der Waals surface area contributed by atoms with Crippen molar-refractivity contribution in [1.29, 1.82) is 0 Å². The maximum atomic E-state index is 12.2. The van der Waals surface area contributed by atoms with Crippen LogP contribution < -0.4 is 0 Å². The highest BCUT2D eigenvalue weighted by atomic mass is 35.5. The van der Waals surface area contributed by atoms with Gasteiger partial charge in [0.2, 0.25) is 0 Å². The van der Waals surface area contributed by atoms with Crippen molar-refractivity contribution >= 4 is 35.0 Å². The number of pyridine rings is 1. The summed E-state index contributed by atoms with van der Waals surface area (Å²) in [6, 6.07) is 9.95. The zero-order valence-corrected chi connectivity index (χ0v) is 11.6. The van der Waals surface area contributed by atoms with Gasteiger partial charge in [-0.25, -0.2) is 4.98 Å². The summed E-state index contributed by atoms with van der Waals surface area (Å²) in [5.41, 5.74) is 1.40. The highest BCUT2D eigenvalue weighted by Crippen LogP contribution is 2.26. The zero-order chi connectivity index (χ0) is 14.3. The van der Waals surface area contributed by atoms with Crippen LogP contribution in [0.25, 0.3) is 0 Å². The molecular formula is C14H8Cl2N2O2. The molecule has 2 aromatic rings. The van der Waals surface area contributed by atoms with Crippen LogP contribution in [0, 0.1) is 0 Å². The molecule has 0 saturated carbocycles. The van der Waals surface area contributed by atoms with E-state index >= 15 is 0 Å². The van der Waals surface area contributed by atoms with Crippen molar-refractivity contribution in [2.75, 3.05) is 0 Å². The van der Waals surface area contributed by atoms with E-state index in [2.05, 4.69) is 4.98 Å². The molecule has 4 nitrogen and oxygen atoms in total. The lowest BCUT2D eigenvalue weighted by Crippen LogP contribution is -2.29. The van der Waals surface area contributed by atoms with Gasteiger partial charge in [-0.2, -0.15) is 0 Å². The van der Waals surface area contributed by atoms with E-state index in [1.807, 2.05) is 0 Å². The number of halogens is 2. The lowest BCUT2D eigenvalue weighted by atomic mass is 10.1. The number of fused-ring (bicyclic) bond motifs is 1. The van der Waals surface area contributed by atoms with Crippen molar-refractivity contribution < 1.29 is 9.59 Å². The number of benzene rings is 1. The molecule has 1 aromatic carbocycles. The maximum Gasteiger partial charge on any atom is 0.261 e. The monoisotopic (exact) mass is 306 g/mol. The third kappa shape index (κ3) is 2.07. The molecule has 1 aliphatic heterocycles. The Labute approximate surface area is 124 Å². The summed E-state index contributed by atoms with van der Waals surface area (Å²) >= 11 is 11.7. The summed E-state index contributed by atoms with van der Waals surface area (Å²) in [7, 11) is 0. The summed E-state index contributed by atoms with van der Waals surface area (Å²) in [6.07, 6.45) is 0. The van der Waals surface area contributed by atoms with E-state index < -0.39 is 0 Å². The van der Waals surface area contributed by atoms with E-state index in [1.54, 1.807) is 36.4 Å². The SMILES string of the molecule is O=C1c2ccccc2C(=O)N1Cc1ccc(Cl)nc1Cl. The Balaban J connectivity index is 1.94. The first-order valence-electron chi connectivity index (χ1n) is 5.84. The summed E-state index contributed by atoms with van der Waals surface area (Å²) < 4.78 is 0. The van der Waals surface area contributed by atoms with Crippen LogP contribution in [0.2, 0.25) is 10.3 Å². The van der Waals surface area contributed by atoms with Crippen molar-refractivity contribution in [2.24, 2.45) is 0 Å². The van der Waals surface area contributed by atoms with E-state index in [0.717, 1.165) is 4.90 Å². The van der Waals surface area contributed by atoms with Gasteiger partial charge in [0, 0.05) is 5.56 Å². The van der Waals surface area contributed by atoms with Gasteiger partial charge in [-0.3, -0.25) is 14.5 Å². The van der Waals surface area contributed by atoms with E-state index in [0.29, 0.717) is 16.7 Å². The Morgan fingerprint density at radius 2 is 1.55 bits per heavy atom. The molecule has 0 atom stereocenters. The number of carbonyl (C=O) groups is 2. The molecule has 0 radical (unpaired) electrons. The van der Waals surface area contributed by atoms with E-state index in [1.165, 1.54) is 0 Å². The second-order valence-corrected chi connectivity index (χ2v) is 5.07. The Bertz CT molecular complexity index is 696. The first kappa shape index (κ1) is 13.1. The van der Waals surface area contributed by atoms with Crippen molar-refractivity contribution in [3.8, 4) is 0 Å². The smallest absolute Gasteiger partial charge is 0.261 e.